The van der Waals surface area contributed by atoms with Gasteiger partial charge in [-0.15, -0.1) is 0 Å². The third-order valence-corrected chi connectivity index (χ3v) is 7.82. The number of rotatable bonds is 3. The monoisotopic (exact) mass is 502 g/mol. The van der Waals surface area contributed by atoms with E-state index in [1.165, 1.54) is 6.07 Å². The van der Waals surface area contributed by atoms with Gasteiger partial charge >= 0.3 is 6.18 Å². The van der Waals surface area contributed by atoms with Gasteiger partial charge in [0.25, 0.3) is 5.91 Å². The fourth-order valence-electron chi connectivity index (χ4n) is 5.28. The van der Waals surface area contributed by atoms with Crippen molar-refractivity contribution in [3.05, 3.63) is 47.4 Å². The Morgan fingerprint density at radius 1 is 1.23 bits per heavy atom. The Morgan fingerprint density at radius 2 is 1.94 bits per heavy atom. The predicted molar refractivity (Wildman–Crippen MR) is 127 cm³/mol. The molecule has 2 saturated heterocycles. The van der Waals surface area contributed by atoms with Gasteiger partial charge in [-0.1, -0.05) is 12.2 Å². The van der Waals surface area contributed by atoms with E-state index < -0.39 is 23.0 Å². The zero-order valence-corrected chi connectivity index (χ0v) is 20.1. The van der Waals surface area contributed by atoms with Crippen LogP contribution in [0.15, 0.2) is 36.2 Å². The van der Waals surface area contributed by atoms with E-state index in [0.29, 0.717) is 12.8 Å². The highest BCUT2D eigenvalue weighted by molar-refractivity contribution is 7.80. The molecule has 0 N–H and O–H groups in total. The molecule has 11 heteroatoms. The summed E-state index contributed by atoms with van der Waals surface area (Å²) in [5.74, 6) is -0.344. The van der Waals surface area contributed by atoms with E-state index in [4.69, 9.17) is 17.5 Å². The van der Waals surface area contributed by atoms with Crippen molar-refractivity contribution in [2.45, 2.75) is 43.4 Å². The molecule has 4 aliphatic rings. The lowest BCUT2D eigenvalue weighted by Gasteiger charge is -2.44. The van der Waals surface area contributed by atoms with Crippen molar-refractivity contribution in [1.29, 1.82) is 5.26 Å². The van der Waals surface area contributed by atoms with Crippen molar-refractivity contribution in [1.82, 2.24) is 19.7 Å². The number of likely N-dealkylation sites (N-methyl/N-ethyl adjacent to an activating group) is 1. The van der Waals surface area contributed by atoms with Crippen LogP contribution in [-0.2, 0) is 11.0 Å². The van der Waals surface area contributed by atoms with Crippen molar-refractivity contribution < 1.29 is 18.0 Å². The maximum Gasteiger partial charge on any atom is 0.419 e. The largest absolute Gasteiger partial charge is 0.419 e. The van der Waals surface area contributed by atoms with Gasteiger partial charge in [-0.2, -0.15) is 18.4 Å². The number of pyridine rings is 1. The molecule has 184 valence electrons. The number of thiocarbonyl (C=S) groups is 1. The number of hydrogen-bond acceptors (Lipinski definition) is 6. The molecule has 35 heavy (non-hydrogen) atoms. The van der Waals surface area contributed by atoms with Crippen LogP contribution in [0.4, 0.5) is 18.9 Å². The zero-order chi connectivity index (χ0) is 25.0. The summed E-state index contributed by atoms with van der Waals surface area (Å²) in [5, 5.41) is 9.21. The number of carbonyl (C=O) groups excluding carboxylic acids is 1. The van der Waals surface area contributed by atoms with Crippen LogP contribution in [0.2, 0.25) is 0 Å². The van der Waals surface area contributed by atoms with Crippen LogP contribution in [0.3, 0.4) is 0 Å². The molecule has 1 aromatic heterocycles. The summed E-state index contributed by atoms with van der Waals surface area (Å²) in [5.41, 5.74) is -2.08. The number of amides is 1. The quantitative estimate of drug-likeness (QED) is 0.588. The Labute approximate surface area is 207 Å². The molecule has 2 aliphatic carbocycles. The maximum absolute atomic E-state index is 13.6. The summed E-state index contributed by atoms with van der Waals surface area (Å²) in [7, 11) is 2.11. The summed E-state index contributed by atoms with van der Waals surface area (Å²) < 4.78 is 40.6. The fraction of sp³-hybridized carbons (Fsp3) is 0.500. The second-order valence-electron chi connectivity index (χ2n) is 9.47. The molecule has 1 aromatic rings. The molecule has 1 unspecified atom stereocenters. The Kier molecular flexibility index (Phi) is 5.94. The number of piperazine rings is 1. The molecule has 5 rings (SSSR count). The molecule has 1 atom stereocenters. The number of aromatic nitrogens is 1. The van der Waals surface area contributed by atoms with E-state index in [1.54, 1.807) is 0 Å². The van der Waals surface area contributed by atoms with Crippen LogP contribution in [0.5, 0.6) is 0 Å². The first-order valence-electron chi connectivity index (χ1n) is 11.6. The first-order chi connectivity index (χ1) is 16.7. The van der Waals surface area contributed by atoms with Gasteiger partial charge in [-0.05, 0) is 57.1 Å². The smallest absolute Gasteiger partial charge is 0.304 e. The summed E-state index contributed by atoms with van der Waals surface area (Å²) in [6, 6.07) is 2.53. The molecule has 0 bridgehead atoms. The molecule has 3 fully saturated rings. The minimum absolute atomic E-state index is 0.0733. The Balaban J connectivity index is 1.43. The standard InChI is InChI=1S/C24H25F3N6OS/c1-30-9-11-31(12-10-30)16-3-5-17(6-4-16)33-22(35)32(21(34)23(33)7-2-8-23)18-13-19(24(25,26)27)20(14-28)29-15-18/h3,5-6,13,15-16H,2,4,7-12H2,1H3. The highest BCUT2D eigenvalue weighted by atomic mass is 32.1. The number of alkyl halides is 3. The normalized spacial score (nSPS) is 25.1. The van der Waals surface area contributed by atoms with Crippen LogP contribution < -0.4 is 4.90 Å². The van der Waals surface area contributed by atoms with Crippen LogP contribution in [0, 0.1) is 11.3 Å². The van der Waals surface area contributed by atoms with E-state index in [2.05, 4.69) is 34.0 Å². The Bertz CT molecular complexity index is 1160. The molecule has 1 spiro atoms. The van der Waals surface area contributed by atoms with Crippen molar-refractivity contribution in [3.8, 4) is 6.07 Å². The lowest BCUT2D eigenvalue weighted by atomic mass is 9.75. The van der Waals surface area contributed by atoms with Crippen LogP contribution in [0.25, 0.3) is 0 Å². The summed E-state index contributed by atoms with van der Waals surface area (Å²) in [6.45, 7) is 4.00. The predicted octanol–water partition coefficient (Wildman–Crippen LogP) is 3.29. The minimum atomic E-state index is -4.78. The summed E-state index contributed by atoms with van der Waals surface area (Å²) in [4.78, 5) is 25.0. The third kappa shape index (κ3) is 3.93. The number of halogens is 3. The average Bonchev–Trinajstić information content (AvgIpc) is 3.05. The first-order valence-corrected chi connectivity index (χ1v) is 12.0. The second kappa shape index (κ2) is 8.69. The molecular formula is C24H25F3N6OS. The molecule has 0 aromatic carbocycles. The lowest BCUT2D eigenvalue weighted by Crippen LogP contribution is -2.54. The van der Waals surface area contributed by atoms with Crippen LogP contribution in [-0.4, -0.2) is 75.5 Å². The minimum Gasteiger partial charge on any atom is -0.304 e. The molecule has 2 aliphatic heterocycles. The van der Waals surface area contributed by atoms with Crippen molar-refractivity contribution >= 4 is 28.9 Å². The highest BCUT2D eigenvalue weighted by Gasteiger charge is 2.60. The molecule has 1 amide bonds. The van der Waals surface area contributed by atoms with Crippen LogP contribution in [0.1, 0.15) is 36.9 Å². The number of allylic oxidation sites excluding steroid dienone is 1. The van der Waals surface area contributed by atoms with Gasteiger partial charge in [-0.3, -0.25) is 14.6 Å². The third-order valence-electron chi connectivity index (χ3n) is 7.46. The first kappa shape index (κ1) is 23.9. The average molecular weight is 503 g/mol. The number of anilines is 1. The van der Waals surface area contributed by atoms with Gasteiger partial charge in [0.15, 0.2) is 10.8 Å². The Morgan fingerprint density at radius 3 is 2.49 bits per heavy atom. The van der Waals surface area contributed by atoms with Gasteiger partial charge in [-0.25, -0.2) is 4.98 Å². The molecule has 1 saturated carbocycles. The van der Waals surface area contributed by atoms with Crippen molar-refractivity contribution in [2.24, 2.45) is 0 Å². The molecule has 7 nitrogen and oxygen atoms in total. The van der Waals surface area contributed by atoms with E-state index in [9.17, 15) is 18.0 Å². The van der Waals surface area contributed by atoms with Gasteiger partial charge in [0.05, 0.1) is 17.4 Å². The van der Waals surface area contributed by atoms with E-state index >= 15 is 0 Å². The molecule has 3 heterocycles. The number of carbonyl (C=O) groups is 1. The highest BCUT2D eigenvalue weighted by Crippen LogP contribution is 2.48. The van der Waals surface area contributed by atoms with E-state index in [1.807, 2.05) is 11.0 Å². The summed E-state index contributed by atoms with van der Waals surface area (Å²) in [6.07, 6.45) is 5.28. The number of hydrogen-bond donors (Lipinski definition) is 0. The Hall–Kier alpha value is -2.81. The topological polar surface area (TPSA) is 66.7 Å². The van der Waals surface area contributed by atoms with Gasteiger partial charge < -0.3 is 9.80 Å². The SMILES string of the molecule is CN1CCN(C2C=CC(N3C(=S)N(c4cnc(C#N)c(C(F)(F)F)c4)C(=O)C34CCC4)=CC2)CC1. The summed E-state index contributed by atoms with van der Waals surface area (Å²) >= 11 is 5.68. The van der Waals surface area contributed by atoms with Gasteiger partial charge in [0.1, 0.15) is 11.6 Å². The van der Waals surface area contributed by atoms with Gasteiger partial charge in [0, 0.05) is 37.9 Å². The lowest BCUT2D eigenvalue weighted by molar-refractivity contribution is -0.138. The molecule has 0 radical (unpaired) electrons. The van der Waals surface area contributed by atoms with Crippen molar-refractivity contribution in [2.75, 3.05) is 38.1 Å². The number of nitriles is 1. The van der Waals surface area contributed by atoms with Gasteiger partial charge in [0.2, 0.25) is 0 Å². The van der Waals surface area contributed by atoms with E-state index in [-0.39, 0.29) is 22.7 Å². The molecular weight excluding hydrogens is 477 g/mol. The van der Waals surface area contributed by atoms with Crippen molar-refractivity contribution in [3.63, 3.8) is 0 Å². The second-order valence-corrected chi connectivity index (χ2v) is 9.84. The fourth-order valence-corrected chi connectivity index (χ4v) is 5.75. The van der Waals surface area contributed by atoms with Crippen LogP contribution >= 0.6 is 12.2 Å². The van der Waals surface area contributed by atoms with E-state index in [0.717, 1.165) is 61.9 Å². The zero-order valence-electron chi connectivity index (χ0n) is 19.3. The number of nitrogens with zero attached hydrogens (tertiary/aromatic N) is 6. The maximum atomic E-state index is 13.6.